The molecule has 0 saturated carbocycles. The summed E-state index contributed by atoms with van der Waals surface area (Å²) in [5, 5.41) is 0. The molecule has 0 amide bonds. The van der Waals surface area contributed by atoms with E-state index in [4.69, 9.17) is 31.9 Å². The molecule has 0 aromatic heterocycles. The van der Waals surface area contributed by atoms with Crippen LogP contribution in [0.2, 0.25) is 0 Å². The number of hydrogen-bond donors (Lipinski definition) is 0. The Morgan fingerprint density at radius 3 is 1.04 bits per heavy atom. The van der Waals surface area contributed by atoms with E-state index in [1.807, 2.05) is 0 Å². The molecule has 0 fully saturated rings. The van der Waals surface area contributed by atoms with E-state index >= 15 is 0 Å². The lowest BCUT2D eigenvalue weighted by Gasteiger charge is -2.21. The Kier molecular flexibility index (Phi) is 12.6. The number of ketones is 1. The van der Waals surface area contributed by atoms with Gasteiger partial charge in [-0.3, -0.25) is 19.2 Å². The second-order valence-corrected chi connectivity index (χ2v) is 12.9. The minimum absolute atomic E-state index is 0.0827. The van der Waals surface area contributed by atoms with Crippen molar-refractivity contribution in [3.63, 3.8) is 0 Å². The fourth-order valence-electron chi connectivity index (χ4n) is 4.88. The summed E-state index contributed by atoms with van der Waals surface area (Å²) >= 11 is 0. The first-order chi connectivity index (χ1) is 26.5. The summed E-state index contributed by atoms with van der Waals surface area (Å²) in [6.45, 7) is 0. The first kappa shape index (κ1) is 37.2. The lowest BCUT2D eigenvalue weighted by molar-refractivity contribution is 0.103. The average Bonchev–Trinajstić information content (AvgIpc) is 3.21. The first-order valence-corrected chi connectivity index (χ1v) is 18.4. The van der Waals surface area contributed by atoms with Gasteiger partial charge in [-0.05, 0) is 72.8 Å². The molecule has 54 heavy (non-hydrogen) atoms. The van der Waals surface area contributed by atoms with Gasteiger partial charge in [0.05, 0.1) is 34.9 Å². The van der Waals surface area contributed by atoms with Crippen LogP contribution in [0.25, 0.3) is 0 Å². The molecular weight excluding hydrogens is 730 g/mol. The molecule has 0 heterocycles. The Bertz CT molecular complexity index is 2210. The smallest absolute Gasteiger partial charge is 0.493 e. The fourth-order valence-corrected chi connectivity index (χ4v) is 7.04. The number of ether oxygens (including phenoxy) is 1. The van der Waals surface area contributed by atoms with E-state index in [1.165, 1.54) is 7.11 Å². The quantitative estimate of drug-likeness (QED) is 0.0471. The molecule has 6 aromatic rings. The van der Waals surface area contributed by atoms with Crippen molar-refractivity contribution in [1.29, 1.82) is 0 Å². The monoisotopic (exact) mass is 760 g/mol. The van der Waals surface area contributed by atoms with Crippen LogP contribution < -0.4 is 31.9 Å². The van der Waals surface area contributed by atoms with E-state index in [0.29, 0.717) is 30.4 Å². The average molecular weight is 761 g/mol. The number of carbonyl (C=O) groups is 4. The van der Waals surface area contributed by atoms with Crippen LogP contribution in [0.3, 0.4) is 0 Å². The van der Waals surface area contributed by atoms with E-state index < -0.39 is 23.0 Å². The maximum Gasteiger partial charge on any atom is 0.530 e. The molecule has 6 rings (SSSR count). The molecule has 270 valence electrons. The summed E-state index contributed by atoms with van der Waals surface area (Å²) in [6, 6.07) is 39.4. The summed E-state index contributed by atoms with van der Waals surface area (Å²) in [4.78, 5) is 49.9. The fraction of sp³-hybridized carbons (Fsp3) is 0.0244. The summed E-state index contributed by atoms with van der Waals surface area (Å²) in [6.07, 6.45) is 1.91. The molecule has 0 N–H and O–H groups in total. The topological polar surface area (TPSA) is 133 Å². The molecule has 1 unspecified atom stereocenters. The molecule has 0 aliphatic carbocycles. The Morgan fingerprint density at radius 2 is 0.667 bits per heavy atom. The van der Waals surface area contributed by atoms with Crippen LogP contribution in [0.4, 0.5) is 0 Å². The normalized spacial score (nSPS) is 11.1. The third kappa shape index (κ3) is 9.08. The first-order valence-electron chi connectivity index (χ1n) is 16.2. The van der Waals surface area contributed by atoms with Crippen molar-refractivity contribution in [1.82, 2.24) is 0 Å². The van der Waals surface area contributed by atoms with Crippen LogP contribution in [0.1, 0.15) is 47.0 Å². The van der Waals surface area contributed by atoms with Crippen LogP contribution in [0, 0.1) is 0 Å². The van der Waals surface area contributed by atoms with Gasteiger partial charge < -0.3 is 31.9 Å². The van der Waals surface area contributed by atoms with E-state index in [9.17, 15) is 19.2 Å². The second kappa shape index (κ2) is 18.3. The van der Waals surface area contributed by atoms with Crippen LogP contribution in [-0.2, 0) is 0 Å². The molecule has 11 nitrogen and oxygen atoms in total. The zero-order valence-corrected chi connectivity index (χ0v) is 30.3. The maximum atomic E-state index is 14.4. The SMILES string of the molecule is COc1ccccc1OP(Oc1ccccc1C=O)Oc1ccccc1C(=O)c1ccccc1OP(Oc1ccccc1C=O)Oc1ccccc1C=O. The Morgan fingerprint density at radius 1 is 0.389 bits per heavy atom. The number of rotatable bonds is 18. The molecule has 6 aromatic carbocycles. The van der Waals surface area contributed by atoms with Gasteiger partial charge in [0.2, 0.25) is 5.78 Å². The Labute approximate surface area is 313 Å². The zero-order valence-electron chi connectivity index (χ0n) is 28.5. The Balaban J connectivity index is 1.33. The highest BCUT2D eigenvalue weighted by Crippen LogP contribution is 2.48. The number of methoxy groups -OCH3 is 1. The van der Waals surface area contributed by atoms with E-state index in [-0.39, 0.29) is 56.6 Å². The van der Waals surface area contributed by atoms with Crippen LogP contribution in [-0.4, -0.2) is 31.8 Å². The van der Waals surface area contributed by atoms with E-state index in [2.05, 4.69) is 0 Å². The van der Waals surface area contributed by atoms with E-state index in [0.717, 1.165) is 0 Å². The van der Waals surface area contributed by atoms with Gasteiger partial charge in [-0.25, -0.2) is 0 Å². The minimum Gasteiger partial charge on any atom is -0.493 e. The molecule has 13 heteroatoms. The zero-order chi connectivity index (χ0) is 37.7. The second-order valence-electron chi connectivity index (χ2n) is 10.9. The van der Waals surface area contributed by atoms with Crippen molar-refractivity contribution in [2.75, 3.05) is 7.11 Å². The molecule has 0 bridgehead atoms. The van der Waals surface area contributed by atoms with Crippen LogP contribution in [0.15, 0.2) is 146 Å². The molecule has 0 saturated heterocycles. The number of para-hydroxylation sites is 7. The van der Waals surface area contributed by atoms with Gasteiger partial charge in [-0.1, -0.05) is 72.8 Å². The molecule has 0 aliphatic heterocycles. The lowest BCUT2D eigenvalue weighted by Crippen LogP contribution is -2.10. The highest BCUT2D eigenvalue weighted by atomic mass is 31.2. The summed E-state index contributed by atoms with van der Waals surface area (Å²) in [5.41, 5.74) is 0.978. The van der Waals surface area contributed by atoms with Crippen molar-refractivity contribution in [2.24, 2.45) is 0 Å². The molecule has 1 atom stereocenters. The predicted octanol–water partition coefficient (Wildman–Crippen LogP) is 9.89. The van der Waals surface area contributed by atoms with Gasteiger partial charge in [-0.15, -0.1) is 0 Å². The Hall–Kier alpha value is -6.54. The standard InChI is InChI=1S/C41H30O11P2/c1-46-39-24-12-13-25-40(39)52-54(49-36-21-9-4-16-31(36)28-44)51-38-23-11-6-18-33(38)41(45)32-17-5-10-22-37(32)50-53(47-34-19-7-2-14-29(34)26-42)48-35-20-8-3-15-30(35)27-43/h2-28H,1H3. The van der Waals surface area contributed by atoms with Crippen molar-refractivity contribution >= 4 is 41.8 Å². The van der Waals surface area contributed by atoms with Gasteiger partial charge in [0.1, 0.15) is 28.7 Å². The highest BCUT2D eigenvalue weighted by molar-refractivity contribution is 7.43. The van der Waals surface area contributed by atoms with Gasteiger partial charge in [0, 0.05) is 0 Å². The van der Waals surface area contributed by atoms with E-state index in [1.54, 1.807) is 146 Å². The lowest BCUT2D eigenvalue weighted by atomic mass is 10.0. The van der Waals surface area contributed by atoms with Gasteiger partial charge in [0.15, 0.2) is 30.4 Å². The summed E-state index contributed by atoms with van der Waals surface area (Å²) < 4.78 is 42.5. The van der Waals surface area contributed by atoms with Crippen molar-refractivity contribution < 1.29 is 51.1 Å². The van der Waals surface area contributed by atoms with Gasteiger partial charge in [-0.2, -0.15) is 0 Å². The summed E-state index contributed by atoms with van der Waals surface area (Å²) in [7, 11) is -3.27. The number of aldehydes is 3. The van der Waals surface area contributed by atoms with Gasteiger partial charge >= 0.3 is 17.2 Å². The highest BCUT2D eigenvalue weighted by Gasteiger charge is 2.29. The molecule has 0 radical (unpaired) electrons. The third-order valence-electron chi connectivity index (χ3n) is 7.51. The number of carbonyl (C=O) groups excluding carboxylic acids is 4. The molecule has 0 spiro atoms. The largest absolute Gasteiger partial charge is 0.530 e. The van der Waals surface area contributed by atoms with Gasteiger partial charge in [0.25, 0.3) is 0 Å². The van der Waals surface area contributed by atoms with Crippen molar-refractivity contribution in [2.45, 2.75) is 0 Å². The summed E-state index contributed by atoms with van der Waals surface area (Å²) in [5.74, 6) is 0.945. The molecule has 0 aliphatic rings. The number of hydrogen-bond acceptors (Lipinski definition) is 11. The number of benzene rings is 6. The third-order valence-corrected chi connectivity index (χ3v) is 9.58. The maximum absolute atomic E-state index is 14.4. The van der Waals surface area contributed by atoms with Crippen molar-refractivity contribution in [3.8, 4) is 40.2 Å². The van der Waals surface area contributed by atoms with Crippen molar-refractivity contribution in [3.05, 3.63) is 173 Å². The van der Waals surface area contributed by atoms with Crippen LogP contribution >= 0.6 is 17.2 Å². The molecular formula is C41H30O11P2. The van der Waals surface area contributed by atoms with Crippen LogP contribution in [0.5, 0.6) is 40.2 Å². The predicted molar refractivity (Wildman–Crippen MR) is 202 cm³/mol. The minimum atomic E-state index is -2.41.